The van der Waals surface area contributed by atoms with Gasteiger partial charge in [0.05, 0.1) is 26.6 Å². The van der Waals surface area contributed by atoms with Crippen molar-refractivity contribution in [3.63, 3.8) is 0 Å². The van der Waals surface area contributed by atoms with Crippen molar-refractivity contribution in [2.45, 2.75) is 0 Å². The Hall–Kier alpha value is -2.46. The summed E-state index contributed by atoms with van der Waals surface area (Å²) in [4.78, 5) is 19.8. The summed E-state index contributed by atoms with van der Waals surface area (Å²) in [7, 11) is 0. The Morgan fingerprint density at radius 3 is 2.30 bits per heavy atom. The first-order chi connectivity index (χ1) is 8.84. The highest BCUT2D eigenvalue weighted by Crippen LogP contribution is 2.34. The van der Waals surface area contributed by atoms with Gasteiger partial charge in [-0.25, -0.2) is 0 Å². The van der Waals surface area contributed by atoms with Crippen molar-refractivity contribution in [2.75, 3.05) is 0 Å². The largest absolute Gasteiger partial charge is 0.369 e. The molecular formula is C8H8Cl2N6O4. The van der Waals surface area contributed by atoms with Crippen molar-refractivity contribution in [3.8, 4) is 0 Å². The SMILES string of the molecule is Cl.NC(N)=N/N=C/c1c(Cl)ccc([N+](=O)[O-])c1[N+](=O)[O-]. The van der Waals surface area contributed by atoms with Crippen LogP contribution < -0.4 is 11.5 Å². The molecule has 0 saturated carbocycles. The second-order valence-corrected chi connectivity index (χ2v) is 3.52. The van der Waals surface area contributed by atoms with Crippen molar-refractivity contribution < 1.29 is 9.85 Å². The number of nitrogens with zero attached hydrogens (tertiary/aromatic N) is 4. The summed E-state index contributed by atoms with van der Waals surface area (Å²) in [6.07, 6.45) is 0.868. The lowest BCUT2D eigenvalue weighted by Crippen LogP contribution is -2.21. The van der Waals surface area contributed by atoms with Crippen LogP contribution in [0.15, 0.2) is 22.3 Å². The van der Waals surface area contributed by atoms with E-state index < -0.39 is 21.2 Å². The predicted molar refractivity (Wildman–Crippen MR) is 75.4 cm³/mol. The van der Waals surface area contributed by atoms with E-state index in [4.69, 9.17) is 23.1 Å². The summed E-state index contributed by atoms with van der Waals surface area (Å²) in [5.74, 6) is -0.375. The third kappa shape index (κ3) is 4.03. The number of hydrogen-bond donors (Lipinski definition) is 2. The molecule has 0 fully saturated rings. The quantitative estimate of drug-likeness (QED) is 0.365. The van der Waals surface area contributed by atoms with E-state index in [-0.39, 0.29) is 29.0 Å². The third-order valence-corrected chi connectivity index (χ3v) is 2.21. The molecule has 0 atom stereocenters. The Balaban J connectivity index is 0.00000361. The van der Waals surface area contributed by atoms with Crippen LogP contribution >= 0.6 is 24.0 Å². The first-order valence-electron chi connectivity index (χ1n) is 4.58. The minimum absolute atomic E-state index is 0. The zero-order chi connectivity index (χ0) is 14.6. The standard InChI is InChI=1S/C8H7ClN6O4.ClH/c9-5-1-2-6(14(16)17)7(15(18)19)4(5)3-12-13-8(10)11;/h1-3H,(H4,10,11,13);1H/b12-3+;. The van der Waals surface area contributed by atoms with Gasteiger partial charge in [-0.2, -0.15) is 5.10 Å². The third-order valence-electron chi connectivity index (χ3n) is 1.88. The van der Waals surface area contributed by atoms with Crippen molar-refractivity contribution in [1.82, 2.24) is 0 Å². The molecule has 0 heterocycles. The van der Waals surface area contributed by atoms with Crippen LogP contribution in [0.3, 0.4) is 0 Å². The van der Waals surface area contributed by atoms with Gasteiger partial charge in [-0.05, 0) is 6.07 Å². The lowest BCUT2D eigenvalue weighted by Gasteiger charge is -2.00. The second kappa shape index (κ2) is 7.21. The number of guanidine groups is 1. The molecule has 0 aromatic heterocycles. The van der Waals surface area contributed by atoms with Gasteiger partial charge in [0.25, 0.3) is 0 Å². The lowest BCUT2D eigenvalue weighted by molar-refractivity contribution is -0.422. The zero-order valence-electron chi connectivity index (χ0n) is 9.59. The Kier molecular flexibility index (Phi) is 6.32. The molecule has 12 heteroatoms. The molecular weight excluding hydrogens is 315 g/mol. The summed E-state index contributed by atoms with van der Waals surface area (Å²) in [6, 6.07) is 2.07. The van der Waals surface area contributed by atoms with Crippen LogP contribution in [0.25, 0.3) is 0 Å². The smallest absolute Gasteiger partial charge is 0.356 e. The molecule has 1 aromatic carbocycles. The molecule has 0 aliphatic rings. The highest BCUT2D eigenvalue weighted by molar-refractivity contribution is 6.33. The number of rotatable bonds is 4. The molecule has 0 aliphatic heterocycles. The molecule has 20 heavy (non-hydrogen) atoms. The molecule has 0 radical (unpaired) electrons. The average molecular weight is 323 g/mol. The number of halogens is 2. The normalized spacial score (nSPS) is 9.85. The molecule has 0 aliphatic carbocycles. The molecule has 4 N–H and O–H groups in total. The van der Waals surface area contributed by atoms with Crippen LogP contribution in [0.4, 0.5) is 11.4 Å². The van der Waals surface area contributed by atoms with E-state index in [0.29, 0.717) is 0 Å². The summed E-state index contributed by atoms with van der Waals surface area (Å²) in [5, 5.41) is 28.1. The van der Waals surface area contributed by atoms with Crippen LogP contribution in [0.5, 0.6) is 0 Å². The Bertz CT molecular complexity index is 599. The highest BCUT2D eigenvalue weighted by atomic mass is 35.5. The minimum Gasteiger partial charge on any atom is -0.369 e. The molecule has 0 unspecified atom stereocenters. The van der Waals surface area contributed by atoms with Crippen molar-refractivity contribution in [3.05, 3.63) is 42.9 Å². The van der Waals surface area contributed by atoms with E-state index in [9.17, 15) is 20.2 Å². The molecule has 0 amide bonds. The van der Waals surface area contributed by atoms with Gasteiger partial charge in [-0.3, -0.25) is 20.2 Å². The monoisotopic (exact) mass is 322 g/mol. The number of hydrogen-bond acceptors (Lipinski definition) is 6. The van der Waals surface area contributed by atoms with E-state index in [2.05, 4.69) is 10.2 Å². The van der Waals surface area contributed by atoms with E-state index in [1.807, 2.05) is 0 Å². The van der Waals surface area contributed by atoms with Gasteiger partial charge in [0, 0.05) is 6.07 Å². The molecule has 0 saturated heterocycles. The van der Waals surface area contributed by atoms with Crippen LogP contribution in [-0.4, -0.2) is 22.0 Å². The van der Waals surface area contributed by atoms with E-state index in [0.717, 1.165) is 18.3 Å². The van der Waals surface area contributed by atoms with Crippen LogP contribution in [0.2, 0.25) is 5.02 Å². The Labute approximate surface area is 122 Å². The van der Waals surface area contributed by atoms with Crippen LogP contribution in [-0.2, 0) is 0 Å². The first kappa shape index (κ1) is 17.5. The fraction of sp³-hybridized carbons (Fsp3) is 0. The van der Waals surface area contributed by atoms with Crippen LogP contribution in [0.1, 0.15) is 5.56 Å². The summed E-state index contributed by atoms with van der Waals surface area (Å²) < 4.78 is 0. The highest BCUT2D eigenvalue weighted by Gasteiger charge is 2.29. The summed E-state index contributed by atoms with van der Waals surface area (Å²) in [6.45, 7) is 0. The molecule has 0 spiro atoms. The molecule has 108 valence electrons. The van der Waals surface area contributed by atoms with Crippen LogP contribution in [0, 0.1) is 20.2 Å². The van der Waals surface area contributed by atoms with Gasteiger partial charge < -0.3 is 11.5 Å². The van der Waals surface area contributed by atoms with Crippen molar-refractivity contribution >= 4 is 47.6 Å². The predicted octanol–water partition coefficient (Wildman–Crippen LogP) is 1.19. The molecule has 1 rings (SSSR count). The van der Waals surface area contributed by atoms with E-state index in [1.165, 1.54) is 0 Å². The zero-order valence-corrected chi connectivity index (χ0v) is 11.2. The fourth-order valence-electron chi connectivity index (χ4n) is 1.19. The second-order valence-electron chi connectivity index (χ2n) is 3.11. The maximum Gasteiger partial charge on any atom is 0.356 e. The summed E-state index contributed by atoms with van der Waals surface area (Å²) in [5.41, 5.74) is 8.27. The minimum atomic E-state index is -0.930. The maximum atomic E-state index is 10.9. The number of nitrogens with two attached hydrogens (primary N) is 2. The van der Waals surface area contributed by atoms with Gasteiger partial charge >= 0.3 is 11.4 Å². The topological polar surface area (TPSA) is 163 Å². The van der Waals surface area contributed by atoms with E-state index in [1.54, 1.807) is 0 Å². The average Bonchev–Trinajstić information content (AvgIpc) is 2.29. The molecule has 0 bridgehead atoms. The van der Waals surface area contributed by atoms with E-state index >= 15 is 0 Å². The number of benzene rings is 1. The number of nitro groups is 2. The van der Waals surface area contributed by atoms with Crippen molar-refractivity contribution in [1.29, 1.82) is 0 Å². The van der Waals surface area contributed by atoms with Gasteiger partial charge in [0.1, 0.15) is 0 Å². The van der Waals surface area contributed by atoms with Gasteiger partial charge in [0.2, 0.25) is 5.96 Å². The Morgan fingerprint density at radius 1 is 1.25 bits per heavy atom. The van der Waals surface area contributed by atoms with Gasteiger partial charge in [0.15, 0.2) is 0 Å². The molecule has 10 nitrogen and oxygen atoms in total. The fourth-order valence-corrected chi connectivity index (χ4v) is 1.39. The molecule has 1 aromatic rings. The first-order valence-corrected chi connectivity index (χ1v) is 4.95. The number of nitro benzene ring substituents is 2. The summed E-state index contributed by atoms with van der Waals surface area (Å²) >= 11 is 5.74. The van der Waals surface area contributed by atoms with Gasteiger partial charge in [-0.1, -0.05) is 11.6 Å². The van der Waals surface area contributed by atoms with Gasteiger partial charge in [-0.15, -0.1) is 17.5 Å². The lowest BCUT2D eigenvalue weighted by atomic mass is 10.1. The maximum absolute atomic E-state index is 10.9. The van der Waals surface area contributed by atoms with Crippen molar-refractivity contribution in [2.24, 2.45) is 21.7 Å². The Morgan fingerprint density at radius 2 is 1.85 bits per heavy atom.